The average molecular weight is 309 g/mol. The van der Waals surface area contributed by atoms with Gasteiger partial charge in [-0.05, 0) is 30.0 Å². The van der Waals surface area contributed by atoms with Crippen LogP contribution < -0.4 is 5.73 Å². The lowest BCUT2D eigenvalue weighted by Gasteiger charge is -2.10. The summed E-state index contributed by atoms with van der Waals surface area (Å²) in [6, 6.07) is 2.14. The maximum Gasteiger partial charge on any atom is 0.475 e. The van der Waals surface area contributed by atoms with Crippen LogP contribution in [0.3, 0.4) is 0 Å². The number of nitrogen functional groups attached to an aromatic ring is 1. The van der Waals surface area contributed by atoms with Crippen molar-refractivity contribution >= 4 is 28.2 Å². The van der Waals surface area contributed by atoms with Gasteiger partial charge in [0, 0.05) is 10.6 Å². The van der Waals surface area contributed by atoms with Gasteiger partial charge in [-0.25, -0.2) is 4.21 Å². The normalized spacial score (nSPS) is 14.6. The summed E-state index contributed by atoms with van der Waals surface area (Å²) in [5.74, 6) is 0. The fourth-order valence-electron chi connectivity index (χ4n) is 1.03. The Labute approximate surface area is 104 Å². The highest BCUT2D eigenvalue weighted by molar-refractivity contribution is 8.00. The average Bonchev–Trinajstić information content (AvgIpc) is 2.11. The molecule has 1 unspecified atom stereocenters. The van der Waals surface area contributed by atoms with E-state index in [0.717, 1.165) is 12.1 Å². The van der Waals surface area contributed by atoms with Gasteiger partial charge in [-0.2, -0.15) is 26.3 Å². The van der Waals surface area contributed by atoms with Crippen LogP contribution >= 0.6 is 11.8 Å². The minimum Gasteiger partial charge on any atom is -0.399 e. The molecule has 0 aromatic heterocycles. The molecule has 0 heterocycles. The number of rotatable bonds is 2. The summed E-state index contributed by atoms with van der Waals surface area (Å²) >= 11 is -0.625. The molecule has 1 atom stereocenters. The number of alkyl halides is 6. The molecule has 0 aliphatic carbocycles. The summed E-state index contributed by atoms with van der Waals surface area (Å²) in [7, 11) is -3.41. The van der Waals surface area contributed by atoms with Gasteiger partial charge < -0.3 is 5.73 Å². The molecule has 2 nitrogen and oxygen atoms in total. The minimum absolute atomic E-state index is 0.322. The fraction of sp³-hybridized carbons (Fsp3) is 0.250. The largest absolute Gasteiger partial charge is 0.475 e. The topological polar surface area (TPSA) is 43.1 Å². The van der Waals surface area contributed by atoms with Crippen LogP contribution in [-0.4, -0.2) is 15.2 Å². The Morgan fingerprint density at radius 2 is 1.61 bits per heavy atom. The van der Waals surface area contributed by atoms with Gasteiger partial charge in [0.15, 0.2) is 10.8 Å². The van der Waals surface area contributed by atoms with E-state index in [2.05, 4.69) is 0 Å². The van der Waals surface area contributed by atoms with E-state index >= 15 is 0 Å². The van der Waals surface area contributed by atoms with Crippen LogP contribution in [0.1, 0.15) is 0 Å². The Morgan fingerprint density at radius 3 is 2.06 bits per heavy atom. The number of thioether (sulfide) groups is 1. The van der Waals surface area contributed by atoms with Crippen LogP contribution in [0.2, 0.25) is 0 Å². The lowest BCUT2D eigenvalue weighted by Crippen LogP contribution is -2.16. The first-order valence-corrected chi connectivity index (χ1v) is 6.10. The molecule has 0 radical (unpaired) electrons. The standard InChI is InChI=1S/C8H5F6NOS2/c9-7(10,11)17-5-1-4(15)2-6(3-5)18(16)8(12,13)14/h1-3H,15H2. The van der Waals surface area contributed by atoms with Crippen molar-refractivity contribution < 1.29 is 30.6 Å². The molecule has 102 valence electrons. The van der Waals surface area contributed by atoms with Crippen molar-refractivity contribution in [2.24, 2.45) is 0 Å². The summed E-state index contributed by atoms with van der Waals surface area (Å²) in [5, 5.41) is 0. The minimum atomic E-state index is -5.05. The number of halogens is 6. The summed E-state index contributed by atoms with van der Waals surface area (Å²) in [4.78, 5) is -1.36. The summed E-state index contributed by atoms with van der Waals surface area (Å²) in [5.41, 5.74) is -4.86. The van der Waals surface area contributed by atoms with Gasteiger partial charge >= 0.3 is 11.0 Å². The van der Waals surface area contributed by atoms with E-state index in [1.807, 2.05) is 0 Å². The van der Waals surface area contributed by atoms with E-state index in [0.29, 0.717) is 6.07 Å². The first-order chi connectivity index (χ1) is 7.99. The van der Waals surface area contributed by atoms with Crippen molar-refractivity contribution in [1.82, 2.24) is 0 Å². The first kappa shape index (κ1) is 15.2. The third-order valence-corrected chi connectivity index (χ3v) is 3.35. The lowest BCUT2D eigenvalue weighted by atomic mass is 10.3. The molecule has 2 N–H and O–H groups in total. The second-order valence-electron chi connectivity index (χ2n) is 3.00. The predicted molar refractivity (Wildman–Crippen MR) is 55.2 cm³/mol. The van der Waals surface area contributed by atoms with Crippen LogP contribution in [0.25, 0.3) is 0 Å². The molecule has 0 saturated carbocycles. The number of benzene rings is 1. The lowest BCUT2D eigenvalue weighted by molar-refractivity contribution is -0.0385. The molecule has 18 heavy (non-hydrogen) atoms. The van der Waals surface area contributed by atoms with E-state index in [1.165, 1.54) is 0 Å². The monoisotopic (exact) mass is 309 g/mol. The molecule has 0 spiro atoms. The zero-order valence-corrected chi connectivity index (χ0v) is 9.93. The van der Waals surface area contributed by atoms with Gasteiger partial charge in [0.05, 0.1) is 4.90 Å². The van der Waals surface area contributed by atoms with Crippen LogP contribution in [0.15, 0.2) is 28.0 Å². The molecule has 0 amide bonds. The van der Waals surface area contributed by atoms with E-state index in [1.54, 1.807) is 0 Å². The van der Waals surface area contributed by atoms with Crippen molar-refractivity contribution in [1.29, 1.82) is 0 Å². The molecular weight excluding hydrogens is 304 g/mol. The van der Waals surface area contributed by atoms with Crippen LogP contribution in [0.4, 0.5) is 32.0 Å². The number of nitrogens with two attached hydrogens (primary N) is 1. The third-order valence-electron chi connectivity index (χ3n) is 1.56. The zero-order chi connectivity index (χ0) is 14.1. The highest BCUT2D eigenvalue weighted by atomic mass is 32.2. The first-order valence-electron chi connectivity index (χ1n) is 4.14. The maximum absolute atomic E-state index is 12.2. The predicted octanol–water partition coefficient (Wildman–Crippen LogP) is 3.51. The Morgan fingerprint density at radius 1 is 1.06 bits per heavy atom. The molecule has 10 heteroatoms. The van der Waals surface area contributed by atoms with Gasteiger partial charge in [0.1, 0.15) is 0 Å². The zero-order valence-electron chi connectivity index (χ0n) is 8.30. The Bertz CT molecular complexity index is 470. The molecular formula is C8H5F6NOS2. The third kappa shape index (κ3) is 4.41. The van der Waals surface area contributed by atoms with Crippen molar-refractivity contribution in [2.75, 3.05) is 5.73 Å². The van der Waals surface area contributed by atoms with Gasteiger partial charge in [0.2, 0.25) is 0 Å². The van der Waals surface area contributed by atoms with Crippen LogP contribution in [0.5, 0.6) is 0 Å². The van der Waals surface area contributed by atoms with Gasteiger partial charge in [0.25, 0.3) is 0 Å². The Balaban J connectivity index is 3.13. The van der Waals surface area contributed by atoms with Crippen molar-refractivity contribution in [3.63, 3.8) is 0 Å². The number of anilines is 1. The van der Waals surface area contributed by atoms with Crippen molar-refractivity contribution in [3.05, 3.63) is 18.2 Å². The molecule has 1 aromatic rings. The molecule has 0 aliphatic heterocycles. The number of hydrogen-bond acceptors (Lipinski definition) is 3. The van der Waals surface area contributed by atoms with Crippen molar-refractivity contribution in [2.45, 2.75) is 20.8 Å². The highest BCUT2D eigenvalue weighted by Crippen LogP contribution is 2.39. The van der Waals surface area contributed by atoms with Gasteiger partial charge in [-0.3, -0.25) is 0 Å². The van der Waals surface area contributed by atoms with E-state index in [4.69, 9.17) is 5.73 Å². The smallest absolute Gasteiger partial charge is 0.399 e. The highest BCUT2D eigenvalue weighted by Gasteiger charge is 2.38. The SMILES string of the molecule is Nc1cc(SC(F)(F)F)cc(S(=O)C(F)(F)F)c1. The molecule has 0 bridgehead atoms. The second kappa shape index (κ2) is 5.00. The molecule has 1 aromatic carbocycles. The molecule has 1 rings (SSSR count). The maximum atomic E-state index is 12.2. The molecule has 0 fully saturated rings. The summed E-state index contributed by atoms with van der Waals surface area (Å²) in [6.45, 7) is 0. The van der Waals surface area contributed by atoms with Gasteiger partial charge in [-0.15, -0.1) is 0 Å². The van der Waals surface area contributed by atoms with E-state index < -0.39 is 43.4 Å². The molecule has 0 saturated heterocycles. The van der Waals surface area contributed by atoms with Crippen molar-refractivity contribution in [3.8, 4) is 0 Å². The second-order valence-corrected chi connectivity index (χ2v) is 5.61. The fourth-order valence-corrected chi connectivity index (χ4v) is 2.49. The van der Waals surface area contributed by atoms with E-state index in [-0.39, 0.29) is 5.69 Å². The van der Waals surface area contributed by atoms with Crippen LogP contribution in [0, 0.1) is 0 Å². The van der Waals surface area contributed by atoms with Crippen LogP contribution in [-0.2, 0) is 10.8 Å². The van der Waals surface area contributed by atoms with Gasteiger partial charge in [-0.1, -0.05) is 0 Å². The number of hydrogen-bond donors (Lipinski definition) is 1. The van der Waals surface area contributed by atoms with E-state index in [9.17, 15) is 30.6 Å². The molecule has 0 aliphatic rings. The Kier molecular flexibility index (Phi) is 4.21. The summed E-state index contributed by atoms with van der Waals surface area (Å²) in [6.07, 6.45) is 0. The summed E-state index contributed by atoms with van der Waals surface area (Å²) < 4.78 is 83.7. The Hall–Kier alpha value is -0.900. The quantitative estimate of drug-likeness (QED) is 0.516.